The number of anilines is 1. The second kappa shape index (κ2) is 13.4. The smallest absolute Gasteiger partial charge is 0.323 e. The third-order valence-electron chi connectivity index (χ3n) is 13.5. The molecule has 6 aliphatic rings. The molecule has 0 spiro atoms. The van der Waals surface area contributed by atoms with E-state index in [1.165, 1.54) is 36.0 Å². The van der Waals surface area contributed by atoms with Crippen LogP contribution in [-0.4, -0.2) is 83.3 Å². The molecule has 0 bridgehead atoms. The number of benzene rings is 2. The Morgan fingerprint density at radius 2 is 1.90 bits per heavy atom. The van der Waals surface area contributed by atoms with Gasteiger partial charge in [-0.05, 0) is 86.1 Å². The first-order valence-electron chi connectivity index (χ1n) is 19.1. The fourth-order valence-electron chi connectivity index (χ4n) is 11.0. The van der Waals surface area contributed by atoms with E-state index in [9.17, 15) is 19.8 Å². The summed E-state index contributed by atoms with van der Waals surface area (Å²) in [5, 5.41) is 30.0. The number of carbonyl (C=O) groups excluding carboxylic acids is 2. The van der Waals surface area contributed by atoms with Crippen molar-refractivity contribution in [2.45, 2.75) is 114 Å². The number of hydroxylamine groups is 1. The van der Waals surface area contributed by atoms with Gasteiger partial charge in [0.25, 0.3) is 0 Å². The van der Waals surface area contributed by atoms with Gasteiger partial charge in [-0.15, -0.1) is 0 Å². The van der Waals surface area contributed by atoms with Crippen LogP contribution in [0.2, 0.25) is 5.02 Å². The Balaban J connectivity index is 1.05. The van der Waals surface area contributed by atoms with Gasteiger partial charge in [0.1, 0.15) is 17.2 Å². The van der Waals surface area contributed by atoms with Crippen LogP contribution >= 0.6 is 11.6 Å². The molecule has 12 atom stereocenters. The maximum atomic E-state index is 14.2. The van der Waals surface area contributed by atoms with Gasteiger partial charge in [-0.2, -0.15) is 0 Å². The number of nitrogens with zero attached hydrogens (tertiary/aromatic N) is 2. The van der Waals surface area contributed by atoms with Crippen molar-refractivity contribution in [3.63, 3.8) is 0 Å². The molecule has 8 rings (SSSR count). The van der Waals surface area contributed by atoms with E-state index in [2.05, 4.69) is 47.5 Å². The first-order valence-corrected chi connectivity index (χ1v) is 19.5. The molecule has 0 amide bonds. The van der Waals surface area contributed by atoms with Gasteiger partial charge in [0.05, 0.1) is 10.7 Å². The molecular weight excluding hydrogens is 682 g/mol. The highest BCUT2D eigenvalue weighted by Gasteiger charge is 2.62. The molecule has 11 heteroatoms. The van der Waals surface area contributed by atoms with Crippen LogP contribution in [0.4, 0.5) is 5.69 Å². The number of piperidine rings is 1. The maximum Gasteiger partial charge on any atom is 0.323 e. The summed E-state index contributed by atoms with van der Waals surface area (Å²) >= 11 is 6.49. The predicted octanol–water partition coefficient (Wildman–Crippen LogP) is 5.23. The van der Waals surface area contributed by atoms with Gasteiger partial charge in [0.2, 0.25) is 0 Å². The highest BCUT2D eigenvalue weighted by atomic mass is 35.5. The van der Waals surface area contributed by atoms with Crippen LogP contribution in [0.1, 0.15) is 82.4 Å². The Labute approximate surface area is 311 Å². The van der Waals surface area contributed by atoms with Crippen LogP contribution in [0.3, 0.4) is 0 Å². The lowest BCUT2D eigenvalue weighted by molar-refractivity contribution is -0.225. The largest absolute Gasteiger partial charge is 0.454 e. The minimum atomic E-state index is -1.56. The number of likely N-dealkylation sites (tertiary alicyclic amines) is 1. The first kappa shape index (κ1) is 36.0. The maximum absolute atomic E-state index is 14.2. The van der Waals surface area contributed by atoms with Crippen LogP contribution in [0.25, 0.3) is 0 Å². The van der Waals surface area contributed by atoms with Gasteiger partial charge >= 0.3 is 11.9 Å². The van der Waals surface area contributed by atoms with Crippen molar-refractivity contribution < 1.29 is 34.1 Å². The molecule has 3 heterocycles. The molecule has 2 aromatic rings. The molecule has 3 fully saturated rings. The van der Waals surface area contributed by atoms with Gasteiger partial charge < -0.3 is 19.7 Å². The van der Waals surface area contributed by atoms with Gasteiger partial charge in [0.15, 0.2) is 18.4 Å². The van der Waals surface area contributed by atoms with Crippen LogP contribution < -0.4 is 10.4 Å². The molecule has 2 aromatic carbocycles. The number of nitrogens with one attached hydrogen (secondary N) is 1. The molecule has 2 saturated heterocycles. The Morgan fingerprint density at radius 3 is 2.69 bits per heavy atom. The lowest BCUT2D eigenvalue weighted by Crippen LogP contribution is -2.66. The Morgan fingerprint density at radius 1 is 1.12 bits per heavy atom. The number of ether oxygens (including phenoxy) is 2. The van der Waals surface area contributed by atoms with Crippen LogP contribution in [0.15, 0.2) is 54.1 Å². The van der Waals surface area contributed by atoms with E-state index >= 15 is 0 Å². The molecule has 3 aliphatic carbocycles. The number of para-hydroxylation sites is 1. The van der Waals surface area contributed by atoms with Crippen LogP contribution in [0, 0.1) is 23.7 Å². The standard InChI is InChI=1S/C41H52ClN3O7/c1-22-18-31-27(23(2)21-45-17-9-12-29-28-11-7-6-10-26(28)19-34(29)45)16-15-24(3)41(31,49)37(36(22)50-25(4)46)51-38(47)33-20-40(48)30-13-8-14-32(42)35(30)44(5)52-39(40)43-33/h6-8,10-11,13-14,18,23-24,27,29,31,33-34,36-37,39,43,48-49H,9,12,15-17,19-21H2,1-5H3/t23?,24-,27+,29-,31-,33+,34+,36-,37+,39-,40-,41-/m1/s1. The number of rotatable bonds is 6. The lowest BCUT2D eigenvalue weighted by atomic mass is 9.55. The highest BCUT2D eigenvalue weighted by molar-refractivity contribution is 6.33. The molecule has 1 saturated carbocycles. The normalized spacial score (nSPS) is 38.6. The first-order chi connectivity index (χ1) is 24.8. The molecule has 3 N–H and O–H groups in total. The fraction of sp³-hybridized carbons (Fsp3) is 0.610. The Bertz CT molecular complexity index is 1770. The summed E-state index contributed by atoms with van der Waals surface area (Å²) in [5.41, 5.74) is 1.78. The molecular formula is C41H52ClN3O7. The quantitative estimate of drug-likeness (QED) is 0.269. The topological polar surface area (TPSA) is 121 Å². The molecule has 0 aromatic heterocycles. The van der Waals surface area contributed by atoms with Gasteiger partial charge in [-0.3, -0.25) is 29.7 Å². The van der Waals surface area contributed by atoms with E-state index < -0.39 is 47.6 Å². The van der Waals surface area contributed by atoms with Gasteiger partial charge in [-0.25, -0.2) is 0 Å². The second-order valence-corrected chi connectivity index (χ2v) is 16.9. The summed E-state index contributed by atoms with van der Waals surface area (Å²) in [5.74, 6) is -0.774. The summed E-state index contributed by atoms with van der Waals surface area (Å²) in [7, 11) is 1.70. The number of hydrogen-bond donors (Lipinski definition) is 3. The van der Waals surface area contributed by atoms with E-state index in [0.717, 1.165) is 37.9 Å². The van der Waals surface area contributed by atoms with E-state index in [4.69, 9.17) is 25.9 Å². The average molecular weight is 734 g/mol. The highest BCUT2D eigenvalue weighted by Crippen LogP contribution is 2.54. The Hall–Kier alpha value is -2.99. The zero-order valence-corrected chi connectivity index (χ0v) is 31.5. The zero-order chi connectivity index (χ0) is 36.7. The van der Waals surface area contributed by atoms with Crippen molar-refractivity contribution in [2.24, 2.45) is 23.7 Å². The zero-order valence-electron chi connectivity index (χ0n) is 30.8. The van der Waals surface area contributed by atoms with Crippen molar-refractivity contribution >= 4 is 29.2 Å². The number of halogens is 1. The summed E-state index contributed by atoms with van der Waals surface area (Å²) in [6.45, 7) is 9.54. The summed E-state index contributed by atoms with van der Waals surface area (Å²) in [6, 6.07) is 13.7. The molecule has 0 radical (unpaired) electrons. The third-order valence-corrected chi connectivity index (χ3v) is 13.8. The molecule has 1 unspecified atom stereocenters. The minimum absolute atomic E-state index is 0.0314. The van der Waals surface area contributed by atoms with E-state index in [0.29, 0.717) is 28.2 Å². The van der Waals surface area contributed by atoms with E-state index in [1.807, 2.05) is 13.8 Å². The molecule has 280 valence electrons. The summed E-state index contributed by atoms with van der Waals surface area (Å²) in [6.07, 6.45) is 4.18. The number of fused-ring (bicyclic) bond motifs is 7. The van der Waals surface area contributed by atoms with Crippen LogP contribution in [-0.2, 0) is 35.9 Å². The summed E-state index contributed by atoms with van der Waals surface area (Å²) < 4.78 is 12.2. The second-order valence-electron chi connectivity index (χ2n) is 16.5. The third kappa shape index (κ3) is 5.71. The average Bonchev–Trinajstić information content (AvgIpc) is 3.66. The van der Waals surface area contributed by atoms with Crippen molar-refractivity contribution in [2.75, 3.05) is 25.2 Å². The predicted molar refractivity (Wildman–Crippen MR) is 196 cm³/mol. The van der Waals surface area contributed by atoms with Crippen molar-refractivity contribution in [3.8, 4) is 0 Å². The van der Waals surface area contributed by atoms with E-state index in [1.54, 1.807) is 25.2 Å². The molecule has 10 nitrogen and oxygen atoms in total. The monoisotopic (exact) mass is 733 g/mol. The molecule has 52 heavy (non-hydrogen) atoms. The number of esters is 2. The number of carbonyl (C=O) groups is 2. The van der Waals surface area contributed by atoms with E-state index in [-0.39, 0.29) is 30.1 Å². The van der Waals surface area contributed by atoms with Gasteiger partial charge in [-0.1, -0.05) is 67.9 Å². The van der Waals surface area contributed by atoms with Crippen molar-refractivity contribution in [1.29, 1.82) is 0 Å². The SMILES string of the molecule is CC(=O)O[C@@H]1C(C)=C[C@@H]2[C@H](C(C)CN3CCC[C@@H]4c5ccccc5C[C@@H]43)CC[C@@H](C)[C@]2(O)[C@H]1OC(=O)[C@@H]1C[C@@]2(O)c3cccc(Cl)c3N(C)O[C@H]2N1. The summed E-state index contributed by atoms with van der Waals surface area (Å²) in [4.78, 5) is 35.4. The van der Waals surface area contributed by atoms with Crippen LogP contribution in [0.5, 0.6) is 0 Å². The lowest BCUT2D eigenvalue weighted by Gasteiger charge is -2.56. The van der Waals surface area contributed by atoms with Gasteiger partial charge in [0, 0.05) is 50.4 Å². The minimum Gasteiger partial charge on any atom is -0.454 e. The fourth-order valence-corrected chi connectivity index (χ4v) is 11.3. The van der Waals surface area contributed by atoms with Crippen molar-refractivity contribution in [1.82, 2.24) is 10.2 Å². The number of aliphatic hydroxyl groups is 2. The number of hydrogen-bond acceptors (Lipinski definition) is 10. The molecule has 3 aliphatic heterocycles. The Kier molecular flexibility index (Phi) is 9.27. The van der Waals surface area contributed by atoms with Crippen molar-refractivity contribution in [3.05, 3.63) is 75.8 Å².